The molecule has 2 N–H and O–H groups in total. The largest absolute Gasteiger partial charge is 0.445 e. The molecule has 188 valence electrons. The average Bonchev–Trinajstić information content (AvgIpc) is 3.04. The van der Waals surface area contributed by atoms with E-state index in [4.69, 9.17) is 49.0 Å². The monoisotopic (exact) mass is 528 g/mol. The van der Waals surface area contributed by atoms with Gasteiger partial charge in [-0.15, -0.1) is 4.99 Å². The van der Waals surface area contributed by atoms with E-state index in [-0.39, 0.29) is 19.1 Å². The molecule has 3 amide bonds. The number of rotatable bonds is 4. The molecule has 1 aliphatic rings. The Hall–Kier alpha value is -1.91. The second-order valence-electron chi connectivity index (χ2n) is 9.15. The molecule has 0 spiro atoms. The van der Waals surface area contributed by atoms with Gasteiger partial charge in [0.05, 0.1) is 0 Å². The third kappa shape index (κ3) is 14.1. The molecule has 0 aliphatic carbocycles. The zero-order chi connectivity index (χ0) is 25.4. The van der Waals surface area contributed by atoms with E-state index in [1.165, 1.54) is 0 Å². The molecule has 1 heterocycles. The summed E-state index contributed by atoms with van der Waals surface area (Å²) in [5, 5.41) is 5.06. The number of aliphatic imine (C=N–C) groups is 1. The smallest absolute Gasteiger partial charge is 0.437 e. The van der Waals surface area contributed by atoms with Crippen LogP contribution in [-0.4, -0.2) is 70.4 Å². The third-order valence-electron chi connectivity index (χ3n) is 3.58. The van der Waals surface area contributed by atoms with Gasteiger partial charge < -0.3 is 24.4 Å². The van der Waals surface area contributed by atoms with Gasteiger partial charge in [0.25, 0.3) is 0 Å². The highest BCUT2D eigenvalue weighted by atomic mass is 35.6. The average molecular weight is 530 g/mol. The summed E-state index contributed by atoms with van der Waals surface area (Å²) < 4.78 is 13.6. The molecule has 0 fully saturated rings. The second-order valence-corrected chi connectivity index (χ2v) is 11.7. The summed E-state index contributed by atoms with van der Waals surface area (Å²) >= 11 is 16.6. The van der Waals surface area contributed by atoms with Crippen LogP contribution in [0, 0.1) is 0 Å². The summed E-state index contributed by atoms with van der Waals surface area (Å²) in [5.41, 5.74) is -0.534. The summed E-state index contributed by atoms with van der Waals surface area (Å²) in [5.74, 6) is -0.000189. The van der Waals surface area contributed by atoms with Gasteiger partial charge in [-0.2, -0.15) is 0 Å². The first kappa shape index (κ1) is 29.1. The van der Waals surface area contributed by atoms with E-state index >= 15 is 0 Å². The summed E-state index contributed by atoms with van der Waals surface area (Å²) in [6.07, 6.45) is 0.0776. The van der Waals surface area contributed by atoms with Crippen LogP contribution < -0.4 is 10.6 Å². The molecule has 33 heavy (non-hydrogen) atoms. The first-order valence-electron chi connectivity index (χ1n) is 10.2. The number of nitrogens with one attached hydrogen (secondary N) is 2. The van der Waals surface area contributed by atoms with Gasteiger partial charge in [-0.25, -0.2) is 14.4 Å². The number of guanidine groups is 1. The predicted molar refractivity (Wildman–Crippen MR) is 127 cm³/mol. The molecule has 0 aromatic carbocycles. The molecule has 0 saturated heterocycles. The van der Waals surface area contributed by atoms with Crippen LogP contribution in [-0.2, 0) is 14.2 Å². The number of amides is 3. The van der Waals surface area contributed by atoms with Crippen LogP contribution in [0.2, 0.25) is 0 Å². The van der Waals surface area contributed by atoms with Gasteiger partial charge in [0.1, 0.15) is 17.8 Å². The maximum atomic E-state index is 12.3. The second kappa shape index (κ2) is 12.0. The lowest BCUT2D eigenvalue weighted by molar-refractivity contribution is 0.0555. The van der Waals surface area contributed by atoms with E-state index < -0.39 is 33.3 Å². The first-order chi connectivity index (χ1) is 14.9. The molecule has 0 aromatic rings. The van der Waals surface area contributed by atoms with Gasteiger partial charge in [-0.3, -0.25) is 5.32 Å². The number of halogens is 3. The molecule has 1 rings (SSSR count). The minimum atomic E-state index is -1.68. The van der Waals surface area contributed by atoms with Gasteiger partial charge >= 0.3 is 18.3 Å². The van der Waals surface area contributed by atoms with E-state index in [1.807, 2.05) is 6.08 Å². The molecule has 0 radical (unpaired) electrons. The number of alkyl carbamates (subject to hydrolysis) is 2. The van der Waals surface area contributed by atoms with E-state index in [9.17, 15) is 14.4 Å². The molecule has 0 atom stereocenters. The Kier molecular flexibility index (Phi) is 10.6. The number of alkyl halides is 3. The van der Waals surface area contributed by atoms with E-state index in [0.717, 1.165) is 5.57 Å². The zero-order valence-electron chi connectivity index (χ0n) is 19.6. The van der Waals surface area contributed by atoms with Crippen LogP contribution in [0.5, 0.6) is 0 Å². The third-order valence-corrected chi connectivity index (χ3v) is 3.91. The number of carbonyl (C=O) groups is 3. The number of hydrogen-bond donors (Lipinski definition) is 2. The van der Waals surface area contributed by atoms with Gasteiger partial charge in [-0.1, -0.05) is 46.5 Å². The van der Waals surface area contributed by atoms with E-state index in [0.29, 0.717) is 19.5 Å². The van der Waals surface area contributed by atoms with Crippen molar-refractivity contribution in [2.75, 3.05) is 26.2 Å². The fourth-order valence-electron chi connectivity index (χ4n) is 2.42. The quantitative estimate of drug-likeness (QED) is 0.180. The molecule has 10 nitrogen and oxygen atoms in total. The molecule has 0 unspecified atom stereocenters. The van der Waals surface area contributed by atoms with Gasteiger partial charge in [0.2, 0.25) is 9.75 Å². The van der Waals surface area contributed by atoms with Crippen LogP contribution in [0.25, 0.3) is 0 Å². The number of nitrogens with zero attached hydrogens (tertiary/aromatic N) is 2. The van der Waals surface area contributed by atoms with Gasteiger partial charge in [0.15, 0.2) is 0 Å². The highest BCUT2D eigenvalue weighted by molar-refractivity contribution is 6.67. The van der Waals surface area contributed by atoms with Crippen molar-refractivity contribution in [1.82, 2.24) is 15.5 Å². The Labute approximate surface area is 208 Å². The normalized spacial score (nSPS) is 15.0. The van der Waals surface area contributed by atoms with Crippen molar-refractivity contribution in [2.24, 2.45) is 4.99 Å². The number of ether oxygens (including phenoxy) is 3. The highest BCUT2D eigenvalue weighted by Gasteiger charge is 2.26. The van der Waals surface area contributed by atoms with Crippen LogP contribution >= 0.6 is 34.8 Å². The summed E-state index contributed by atoms with van der Waals surface area (Å²) in [6.45, 7) is 10.9. The SMILES string of the molecule is CC(C)(C)OC(=O)N=C(NC(=O)OC(C)(C)C)N1CC=C(CCNC(=O)OCC(Cl)(Cl)Cl)C1. The summed E-state index contributed by atoms with van der Waals surface area (Å²) in [7, 11) is 0. The molecule has 0 saturated carbocycles. The highest BCUT2D eigenvalue weighted by Crippen LogP contribution is 2.25. The minimum Gasteiger partial charge on any atom is -0.445 e. The van der Waals surface area contributed by atoms with Crippen molar-refractivity contribution >= 4 is 59.0 Å². The number of carbonyl (C=O) groups excluding carboxylic acids is 3. The van der Waals surface area contributed by atoms with Crippen molar-refractivity contribution in [2.45, 2.75) is 63.0 Å². The topological polar surface area (TPSA) is 119 Å². The number of hydrogen-bond acceptors (Lipinski definition) is 6. The molecule has 0 bridgehead atoms. The standard InChI is InChI=1S/C20H31Cl3N4O6/c1-18(2,3)32-16(29)25-14(26-17(30)33-19(4,5)6)27-10-8-13(11-27)7-9-24-15(28)31-12-20(21,22)23/h8H,7,9-12H2,1-6H3,(H,24,28)(H,25,26,29,30). The Morgan fingerprint density at radius 2 is 1.64 bits per heavy atom. The Bertz CT molecular complexity index is 782. The fourth-order valence-corrected chi connectivity index (χ4v) is 2.59. The lowest BCUT2D eigenvalue weighted by atomic mass is 10.2. The van der Waals surface area contributed by atoms with E-state index in [2.05, 4.69) is 15.6 Å². The van der Waals surface area contributed by atoms with Crippen LogP contribution in [0.3, 0.4) is 0 Å². The van der Waals surface area contributed by atoms with Crippen molar-refractivity contribution in [3.8, 4) is 0 Å². The summed E-state index contributed by atoms with van der Waals surface area (Å²) in [4.78, 5) is 41.7. The van der Waals surface area contributed by atoms with Crippen molar-refractivity contribution in [3.05, 3.63) is 11.6 Å². The molecular weight excluding hydrogens is 499 g/mol. The van der Waals surface area contributed by atoms with Crippen molar-refractivity contribution in [3.63, 3.8) is 0 Å². The summed E-state index contributed by atoms with van der Waals surface area (Å²) in [6, 6.07) is 0. The van der Waals surface area contributed by atoms with Crippen LogP contribution in [0.4, 0.5) is 14.4 Å². The maximum absolute atomic E-state index is 12.3. The van der Waals surface area contributed by atoms with Crippen molar-refractivity contribution < 1.29 is 28.6 Å². The predicted octanol–water partition coefficient (Wildman–Crippen LogP) is 4.53. The lowest BCUT2D eigenvalue weighted by Gasteiger charge is -2.24. The van der Waals surface area contributed by atoms with E-state index in [1.54, 1.807) is 46.4 Å². The molecule has 13 heteroatoms. The minimum absolute atomic E-state index is 0.000189. The Morgan fingerprint density at radius 1 is 1.03 bits per heavy atom. The zero-order valence-corrected chi connectivity index (χ0v) is 21.9. The van der Waals surface area contributed by atoms with Crippen LogP contribution in [0.1, 0.15) is 48.0 Å². The Morgan fingerprint density at radius 3 is 2.18 bits per heavy atom. The fraction of sp³-hybridized carbons (Fsp3) is 0.700. The van der Waals surface area contributed by atoms with Gasteiger partial charge in [0, 0.05) is 19.6 Å². The maximum Gasteiger partial charge on any atom is 0.437 e. The molecule has 1 aliphatic heterocycles. The lowest BCUT2D eigenvalue weighted by Crippen LogP contribution is -2.46. The Balaban J connectivity index is 2.70. The first-order valence-corrected chi connectivity index (χ1v) is 11.3. The molecular formula is C20H31Cl3N4O6. The van der Waals surface area contributed by atoms with Crippen LogP contribution in [0.15, 0.2) is 16.6 Å². The van der Waals surface area contributed by atoms with Crippen molar-refractivity contribution in [1.29, 1.82) is 0 Å². The molecule has 0 aromatic heterocycles. The van der Waals surface area contributed by atoms with Gasteiger partial charge in [-0.05, 0) is 48.0 Å².